The first kappa shape index (κ1) is 17.3. The molecule has 0 radical (unpaired) electrons. The van der Waals surface area contributed by atoms with E-state index in [9.17, 15) is 14.7 Å². The van der Waals surface area contributed by atoms with Crippen molar-refractivity contribution in [3.63, 3.8) is 0 Å². The fourth-order valence-electron chi connectivity index (χ4n) is 3.27. The van der Waals surface area contributed by atoms with Crippen molar-refractivity contribution >= 4 is 45.1 Å². The maximum Gasteiger partial charge on any atom is 0.352 e. The zero-order chi connectivity index (χ0) is 19.1. The Morgan fingerprint density at radius 2 is 1.93 bits per heavy atom. The molecule has 0 aliphatic carbocycles. The smallest absolute Gasteiger partial charge is 0.352 e. The van der Waals surface area contributed by atoms with Gasteiger partial charge in [0.05, 0.1) is 5.57 Å². The first-order valence-electron chi connectivity index (χ1n) is 8.29. The van der Waals surface area contributed by atoms with E-state index in [0.717, 1.165) is 32.4 Å². The molecule has 2 heterocycles. The summed E-state index contributed by atoms with van der Waals surface area (Å²) in [7, 11) is 0. The number of aromatic amines is 1. The van der Waals surface area contributed by atoms with Crippen LogP contribution in [0.2, 0.25) is 0 Å². The number of carboxylic acids is 1. The van der Waals surface area contributed by atoms with Gasteiger partial charge in [0.15, 0.2) is 0 Å². The predicted octanol–water partition coefficient (Wildman–Crippen LogP) is 4.94. The van der Waals surface area contributed by atoms with Crippen molar-refractivity contribution < 1.29 is 14.7 Å². The molecule has 3 N–H and O–H groups in total. The molecule has 5 nitrogen and oxygen atoms in total. The highest BCUT2D eigenvalue weighted by Gasteiger charge is 2.27. The molecule has 1 aromatic heterocycles. The summed E-state index contributed by atoms with van der Waals surface area (Å²) in [4.78, 5) is 26.7. The lowest BCUT2D eigenvalue weighted by molar-refractivity contribution is -0.110. The topological polar surface area (TPSA) is 82.2 Å². The van der Waals surface area contributed by atoms with Gasteiger partial charge in [0.1, 0.15) is 5.69 Å². The number of rotatable bonds is 3. The van der Waals surface area contributed by atoms with E-state index >= 15 is 0 Å². The van der Waals surface area contributed by atoms with Gasteiger partial charge in [0.25, 0.3) is 5.91 Å². The van der Waals surface area contributed by atoms with Crippen LogP contribution < -0.4 is 5.32 Å². The molecule has 0 atom stereocenters. The molecule has 0 bridgehead atoms. The molecule has 0 saturated carbocycles. The summed E-state index contributed by atoms with van der Waals surface area (Å²) in [5.74, 6) is -1.24. The molecule has 0 spiro atoms. The first-order chi connectivity index (χ1) is 12.9. The van der Waals surface area contributed by atoms with E-state index in [-0.39, 0.29) is 11.6 Å². The predicted molar refractivity (Wildman–Crippen MR) is 109 cm³/mol. The summed E-state index contributed by atoms with van der Waals surface area (Å²) >= 11 is 3.49. The number of hydrogen-bond donors (Lipinski definition) is 3. The number of anilines is 1. The highest BCUT2D eigenvalue weighted by Crippen LogP contribution is 2.41. The van der Waals surface area contributed by atoms with Crippen LogP contribution in [-0.4, -0.2) is 22.0 Å². The number of amides is 1. The van der Waals surface area contributed by atoms with Crippen LogP contribution in [0.4, 0.5) is 5.69 Å². The van der Waals surface area contributed by atoms with Gasteiger partial charge in [-0.1, -0.05) is 40.2 Å². The molecule has 1 aliphatic rings. The lowest BCUT2D eigenvalue weighted by Gasteiger charge is -2.09. The Balaban J connectivity index is 1.90. The molecule has 1 aliphatic heterocycles. The van der Waals surface area contributed by atoms with Crippen LogP contribution in [0.3, 0.4) is 0 Å². The van der Waals surface area contributed by atoms with E-state index in [4.69, 9.17) is 0 Å². The molecule has 3 aromatic rings. The molecule has 0 saturated heterocycles. The fraction of sp³-hybridized carbons (Fsp3) is 0.0476. The van der Waals surface area contributed by atoms with Gasteiger partial charge in [-0.3, -0.25) is 4.79 Å². The molecule has 134 valence electrons. The third-order valence-corrected chi connectivity index (χ3v) is 5.03. The average Bonchev–Trinajstić information content (AvgIpc) is 3.15. The van der Waals surface area contributed by atoms with Crippen LogP contribution in [0.15, 0.2) is 53.0 Å². The van der Waals surface area contributed by atoms with E-state index in [1.807, 2.05) is 49.4 Å². The summed E-state index contributed by atoms with van der Waals surface area (Å²) in [6.07, 6.45) is 1.71. The summed E-state index contributed by atoms with van der Waals surface area (Å²) in [6, 6.07) is 15.2. The normalized spacial score (nSPS) is 14.3. The van der Waals surface area contributed by atoms with Gasteiger partial charge in [-0.25, -0.2) is 4.79 Å². The second-order valence-electron chi connectivity index (χ2n) is 6.34. The van der Waals surface area contributed by atoms with Crippen molar-refractivity contribution in [3.05, 3.63) is 75.5 Å². The molecule has 6 heteroatoms. The van der Waals surface area contributed by atoms with E-state index in [0.29, 0.717) is 11.3 Å². The molecule has 1 amide bonds. The van der Waals surface area contributed by atoms with Crippen molar-refractivity contribution in [3.8, 4) is 11.1 Å². The molecule has 0 unspecified atom stereocenters. The number of halogens is 1. The number of aromatic nitrogens is 1. The number of aromatic carboxylic acids is 1. The van der Waals surface area contributed by atoms with Crippen LogP contribution in [0.25, 0.3) is 22.8 Å². The summed E-state index contributed by atoms with van der Waals surface area (Å²) in [6.45, 7) is 1.81. The standard InChI is InChI=1S/C21H15BrN2O3/c1-11-8-18(21(26)27)23-17(11)10-15-19-14(12-4-2-5-13(22)9-12)6-3-7-16(19)24-20(15)25/h2-10,23H,1H3,(H,24,25)(H,26,27)/b15-10-. The number of fused-ring (bicyclic) bond motifs is 1. The van der Waals surface area contributed by atoms with Gasteiger partial charge in [0, 0.05) is 21.4 Å². The van der Waals surface area contributed by atoms with Gasteiger partial charge in [-0.05, 0) is 54.0 Å². The lowest BCUT2D eigenvalue weighted by Crippen LogP contribution is -2.03. The van der Waals surface area contributed by atoms with Crippen LogP contribution in [-0.2, 0) is 4.79 Å². The first-order valence-corrected chi connectivity index (χ1v) is 9.08. The number of carbonyl (C=O) groups excluding carboxylic acids is 1. The zero-order valence-corrected chi connectivity index (χ0v) is 15.9. The third-order valence-electron chi connectivity index (χ3n) is 4.54. The largest absolute Gasteiger partial charge is 0.477 e. The molecule has 0 fully saturated rings. The van der Waals surface area contributed by atoms with Crippen molar-refractivity contribution in [2.24, 2.45) is 0 Å². The Kier molecular flexibility index (Phi) is 4.20. The second-order valence-corrected chi connectivity index (χ2v) is 7.25. The van der Waals surface area contributed by atoms with Crippen molar-refractivity contribution in [2.75, 3.05) is 5.32 Å². The number of H-pyrrole nitrogens is 1. The van der Waals surface area contributed by atoms with E-state index in [1.165, 1.54) is 0 Å². The lowest BCUT2D eigenvalue weighted by atomic mass is 9.94. The van der Waals surface area contributed by atoms with Gasteiger partial charge >= 0.3 is 5.97 Å². The van der Waals surface area contributed by atoms with Crippen molar-refractivity contribution in [1.29, 1.82) is 0 Å². The number of carboxylic acid groups (broad SMARTS) is 1. The maximum absolute atomic E-state index is 12.6. The van der Waals surface area contributed by atoms with Gasteiger partial charge in [0.2, 0.25) is 0 Å². The Bertz CT molecular complexity index is 1130. The van der Waals surface area contributed by atoms with Crippen LogP contribution >= 0.6 is 15.9 Å². The Morgan fingerprint density at radius 1 is 1.15 bits per heavy atom. The second kappa shape index (κ2) is 6.55. The van der Waals surface area contributed by atoms with E-state index in [2.05, 4.69) is 26.2 Å². The minimum absolute atomic E-state index is 0.0956. The number of aryl methyl sites for hydroxylation is 1. The summed E-state index contributed by atoms with van der Waals surface area (Å²) < 4.78 is 0.951. The highest BCUT2D eigenvalue weighted by atomic mass is 79.9. The molecular formula is C21H15BrN2O3. The minimum atomic E-state index is -1.03. The Morgan fingerprint density at radius 3 is 2.63 bits per heavy atom. The van der Waals surface area contributed by atoms with Gasteiger partial charge in [-0.15, -0.1) is 0 Å². The average molecular weight is 423 g/mol. The number of carbonyl (C=O) groups is 2. The zero-order valence-electron chi connectivity index (χ0n) is 14.3. The molecular weight excluding hydrogens is 408 g/mol. The molecule has 27 heavy (non-hydrogen) atoms. The maximum atomic E-state index is 12.6. The fourth-order valence-corrected chi connectivity index (χ4v) is 3.67. The molecule has 2 aromatic carbocycles. The number of hydrogen-bond acceptors (Lipinski definition) is 2. The van der Waals surface area contributed by atoms with Crippen molar-refractivity contribution in [2.45, 2.75) is 6.92 Å². The summed E-state index contributed by atoms with van der Waals surface area (Å²) in [5, 5.41) is 12.1. The van der Waals surface area contributed by atoms with E-state index < -0.39 is 5.97 Å². The minimum Gasteiger partial charge on any atom is -0.477 e. The third kappa shape index (κ3) is 3.08. The van der Waals surface area contributed by atoms with Crippen LogP contribution in [0, 0.1) is 6.92 Å². The summed E-state index contributed by atoms with van der Waals surface area (Å²) in [5.41, 5.74) is 5.44. The molecule has 4 rings (SSSR count). The number of nitrogens with one attached hydrogen (secondary N) is 2. The van der Waals surface area contributed by atoms with Crippen LogP contribution in [0.5, 0.6) is 0 Å². The monoisotopic (exact) mass is 422 g/mol. The Hall–Kier alpha value is -3.12. The van der Waals surface area contributed by atoms with Gasteiger partial charge < -0.3 is 15.4 Å². The Labute approximate surface area is 163 Å². The van der Waals surface area contributed by atoms with E-state index in [1.54, 1.807) is 12.1 Å². The SMILES string of the molecule is Cc1cc(C(=O)O)[nH]c1/C=C1\C(=O)Nc2cccc(-c3cccc(Br)c3)c21. The quantitative estimate of drug-likeness (QED) is 0.522. The highest BCUT2D eigenvalue weighted by molar-refractivity contribution is 9.10. The number of benzene rings is 2. The van der Waals surface area contributed by atoms with Crippen molar-refractivity contribution in [1.82, 2.24) is 4.98 Å². The van der Waals surface area contributed by atoms with Gasteiger partial charge in [-0.2, -0.15) is 0 Å². The van der Waals surface area contributed by atoms with Crippen LogP contribution in [0.1, 0.15) is 27.3 Å².